The van der Waals surface area contributed by atoms with Gasteiger partial charge in [0, 0.05) is 11.6 Å². The van der Waals surface area contributed by atoms with Crippen LogP contribution in [-0.2, 0) is 5.54 Å². The van der Waals surface area contributed by atoms with E-state index in [4.69, 9.17) is 31.5 Å². The third-order valence-electron chi connectivity index (χ3n) is 3.06. The Morgan fingerprint density at radius 3 is 2.81 bits per heavy atom. The Labute approximate surface area is 98.2 Å². The van der Waals surface area contributed by atoms with E-state index in [0.717, 1.165) is 18.4 Å². The van der Waals surface area contributed by atoms with Crippen LogP contribution in [0, 0.1) is 0 Å². The number of methoxy groups -OCH3 is 1. The summed E-state index contributed by atoms with van der Waals surface area (Å²) in [7, 11) is 1.58. The summed E-state index contributed by atoms with van der Waals surface area (Å²) in [6.45, 7) is 0.210. The molecule has 0 atom stereocenters. The number of benzene rings is 1. The summed E-state index contributed by atoms with van der Waals surface area (Å²) in [5.41, 5.74) is 6.69. The van der Waals surface area contributed by atoms with Gasteiger partial charge in [-0.05, 0) is 12.8 Å². The van der Waals surface area contributed by atoms with Crippen LogP contribution in [0.2, 0.25) is 5.02 Å². The van der Waals surface area contributed by atoms with Gasteiger partial charge in [0.05, 0.1) is 17.7 Å². The lowest BCUT2D eigenvalue weighted by Crippen LogP contribution is -2.20. The van der Waals surface area contributed by atoms with E-state index < -0.39 is 0 Å². The molecule has 1 fully saturated rings. The van der Waals surface area contributed by atoms with E-state index in [9.17, 15) is 0 Å². The van der Waals surface area contributed by atoms with Crippen molar-refractivity contribution in [3.8, 4) is 17.2 Å². The minimum atomic E-state index is -0.367. The van der Waals surface area contributed by atoms with Crippen LogP contribution in [0.5, 0.6) is 17.2 Å². The van der Waals surface area contributed by atoms with Crippen molar-refractivity contribution in [2.45, 2.75) is 18.4 Å². The number of rotatable bonds is 2. The van der Waals surface area contributed by atoms with Crippen molar-refractivity contribution in [1.29, 1.82) is 0 Å². The topological polar surface area (TPSA) is 53.7 Å². The van der Waals surface area contributed by atoms with Crippen molar-refractivity contribution in [3.63, 3.8) is 0 Å². The quantitative estimate of drug-likeness (QED) is 0.861. The number of fused-ring (bicyclic) bond motifs is 1. The molecule has 1 aliphatic carbocycles. The van der Waals surface area contributed by atoms with Crippen molar-refractivity contribution in [2.24, 2.45) is 5.73 Å². The molecule has 1 aromatic carbocycles. The second kappa shape index (κ2) is 3.18. The molecule has 0 radical (unpaired) electrons. The molecule has 2 N–H and O–H groups in total. The predicted molar refractivity (Wildman–Crippen MR) is 59.2 cm³/mol. The first-order valence-electron chi connectivity index (χ1n) is 5.11. The molecule has 4 nitrogen and oxygen atoms in total. The number of halogens is 1. The molecule has 3 rings (SSSR count). The van der Waals surface area contributed by atoms with E-state index in [-0.39, 0.29) is 12.3 Å². The van der Waals surface area contributed by atoms with Crippen LogP contribution in [0.3, 0.4) is 0 Å². The average molecular weight is 242 g/mol. The molecule has 0 unspecified atom stereocenters. The van der Waals surface area contributed by atoms with Crippen LogP contribution >= 0.6 is 11.6 Å². The van der Waals surface area contributed by atoms with E-state index in [0.29, 0.717) is 22.3 Å². The molecule has 86 valence electrons. The van der Waals surface area contributed by atoms with Crippen molar-refractivity contribution >= 4 is 11.6 Å². The van der Waals surface area contributed by atoms with E-state index in [2.05, 4.69) is 0 Å². The van der Waals surface area contributed by atoms with Crippen LogP contribution < -0.4 is 19.9 Å². The first kappa shape index (κ1) is 10.1. The first-order valence-corrected chi connectivity index (χ1v) is 5.49. The Morgan fingerprint density at radius 2 is 2.19 bits per heavy atom. The van der Waals surface area contributed by atoms with Crippen LogP contribution in [0.1, 0.15) is 18.4 Å². The number of hydrogen-bond acceptors (Lipinski definition) is 4. The summed E-state index contributed by atoms with van der Waals surface area (Å²) in [6.07, 6.45) is 1.83. The third-order valence-corrected chi connectivity index (χ3v) is 3.34. The molecule has 1 heterocycles. The monoisotopic (exact) mass is 241 g/mol. The molecule has 5 heteroatoms. The molecule has 0 bridgehead atoms. The lowest BCUT2D eigenvalue weighted by molar-refractivity contribution is 0.172. The maximum atomic E-state index is 6.21. The van der Waals surface area contributed by atoms with Gasteiger partial charge in [0.1, 0.15) is 5.75 Å². The zero-order valence-electron chi connectivity index (χ0n) is 8.88. The van der Waals surface area contributed by atoms with Gasteiger partial charge in [-0.2, -0.15) is 0 Å². The van der Waals surface area contributed by atoms with Gasteiger partial charge < -0.3 is 19.9 Å². The fourth-order valence-electron chi connectivity index (χ4n) is 2.03. The smallest absolute Gasteiger partial charge is 0.231 e. The molecule has 0 amide bonds. The van der Waals surface area contributed by atoms with Crippen molar-refractivity contribution in [3.05, 3.63) is 16.7 Å². The molecule has 1 aromatic rings. The zero-order chi connectivity index (χ0) is 11.3. The van der Waals surface area contributed by atoms with Crippen LogP contribution in [0.4, 0.5) is 0 Å². The highest BCUT2D eigenvalue weighted by molar-refractivity contribution is 6.32. The van der Waals surface area contributed by atoms with E-state index in [1.807, 2.05) is 0 Å². The van der Waals surface area contributed by atoms with Crippen molar-refractivity contribution in [2.75, 3.05) is 13.9 Å². The van der Waals surface area contributed by atoms with Gasteiger partial charge in [-0.25, -0.2) is 0 Å². The normalized spacial score (nSPS) is 19.7. The molecular formula is C11H12ClNO3. The van der Waals surface area contributed by atoms with Gasteiger partial charge in [-0.3, -0.25) is 0 Å². The number of hydrogen-bond donors (Lipinski definition) is 1. The molecule has 16 heavy (non-hydrogen) atoms. The predicted octanol–water partition coefficient (Wildman–Crippen LogP) is 2.03. The van der Waals surface area contributed by atoms with Crippen LogP contribution in [-0.4, -0.2) is 13.9 Å². The summed E-state index contributed by atoms with van der Waals surface area (Å²) in [6, 6.07) is 1.71. The van der Waals surface area contributed by atoms with Gasteiger partial charge >= 0.3 is 0 Å². The highest BCUT2D eigenvalue weighted by Crippen LogP contribution is 2.56. The fourth-order valence-corrected chi connectivity index (χ4v) is 2.30. The Bertz CT molecular complexity index is 453. The van der Waals surface area contributed by atoms with Gasteiger partial charge in [0.25, 0.3) is 0 Å². The Kier molecular flexibility index (Phi) is 2.00. The summed E-state index contributed by atoms with van der Waals surface area (Å²) >= 11 is 6.13. The molecule has 2 aliphatic rings. The first-order chi connectivity index (χ1) is 7.65. The Balaban J connectivity index is 2.26. The van der Waals surface area contributed by atoms with E-state index in [1.165, 1.54) is 0 Å². The number of nitrogens with two attached hydrogens (primary N) is 1. The standard InChI is InChI=1S/C11H12ClNO3/c1-14-9-6(12)4-7-10(16-5-15-7)8(9)11(13)2-3-11/h4H,2-3,5,13H2,1H3. The summed E-state index contributed by atoms with van der Waals surface area (Å²) in [5.74, 6) is 1.93. The van der Waals surface area contributed by atoms with E-state index in [1.54, 1.807) is 13.2 Å². The van der Waals surface area contributed by atoms with Gasteiger partial charge in [-0.15, -0.1) is 0 Å². The Hall–Kier alpha value is -1.13. The van der Waals surface area contributed by atoms with E-state index >= 15 is 0 Å². The molecule has 1 aliphatic heterocycles. The molecule has 0 aromatic heterocycles. The van der Waals surface area contributed by atoms with Crippen molar-refractivity contribution < 1.29 is 14.2 Å². The highest BCUT2D eigenvalue weighted by Gasteiger charge is 2.47. The Morgan fingerprint density at radius 1 is 1.44 bits per heavy atom. The van der Waals surface area contributed by atoms with Crippen LogP contribution in [0.15, 0.2) is 6.07 Å². The summed E-state index contributed by atoms with van der Waals surface area (Å²) in [5, 5.41) is 0.512. The lowest BCUT2D eigenvalue weighted by Gasteiger charge is -2.17. The van der Waals surface area contributed by atoms with Gasteiger partial charge in [0.2, 0.25) is 6.79 Å². The average Bonchev–Trinajstić information content (AvgIpc) is 2.83. The van der Waals surface area contributed by atoms with Crippen molar-refractivity contribution in [1.82, 2.24) is 0 Å². The molecule has 0 saturated heterocycles. The highest BCUT2D eigenvalue weighted by atomic mass is 35.5. The second-order valence-corrected chi connectivity index (χ2v) is 4.56. The molecule has 1 saturated carbocycles. The fraction of sp³-hybridized carbons (Fsp3) is 0.455. The minimum Gasteiger partial charge on any atom is -0.495 e. The summed E-state index contributed by atoms with van der Waals surface area (Å²) < 4.78 is 16.1. The number of ether oxygens (including phenoxy) is 3. The zero-order valence-corrected chi connectivity index (χ0v) is 9.63. The largest absolute Gasteiger partial charge is 0.495 e. The van der Waals surface area contributed by atoms with Gasteiger partial charge in [0.15, 0.2) is 11.5 Å². The molecule has 0 spiro atoms. The van der Waals surface area contributed by atoms with Crippen LogP contribution in [0.25, 0.3) is 0 Å². The third kappa shape index (κ3) is 1.26. The second-order valence-electron chi connectivity index (χ2n) is 4.16. The maximum absolute atomic E-state index is 6.21. The maximum Gasteiger partial charge on any atom is 0.231 e. The SMILES string of the molecule is COc1c(Cl)cc2c(c1C1(N)CC1)OCO2. The minimum absolute atomic E-state index is 0.210. The molecular weight excluding hydrogens is 230 g/mol. The summed E-state index contributed by atoms with van der Waals surface area (Å²) in [4.78, 5) is 0. The van der Waals surface area contributed by atoms with Gasteiger partial charge in [-0.1, -0.05) is 11.6 Å². The lowest BCUT2D eigenvalue weighted by atomic mass is 10.0.